The summed E-state index contributed by atoms with van der Waals surface area (Å²) in [6, 6.07) is 7.34. The van der Waals surface area contributed by atoms with Crippen LogP contribution >= 0.6 is 0 Å². The van der Waals surface area contributed by atoms with Crippen LogP contribution in [0.5, 0.6) is 0 Å². The lowest BCUT2D eigenvalue weighted by Gasteiger charge is -2.15. The Kier molecular flexibility index (Phi) is 4.21. The second-order valence-corrected chi connectivity index (χ2v) is 4.96. The Bertz CT molecular complexity index is 577. The van der Waals surface area contributed by atoms with E-state index in [1.165, 1.54) is 4.90 Å². The lowest BCUT2D eigenvalue weighted by atomic mass is 10.00. The molecule has 1 aromatic rings. The third-order valence-electron chi connectivity index (χ3n) is 3.71. The van der Waals surface area contributed by atoms with Crippen molar-refractivity contribution in [3.8, 4) is 11.8 Å². The van der Waals surface area contributed by atoms with Gasteiger partial charge in [-0.2, -0.15) is 0 Å². The highest BCUT2D eigenvalue weighted by Crippen LogP contribution is 2.27. The number of hydrogen-bond donors (Lipinski definition) is 1. The van der Waals surface area contributed by atoms with Gasteiger partial charge in [0, 0.05) is 17.4 Å². The number of aliphatic hydroxyl groups excluding tert-OH is 1. The Hall–Kier alpha value is -2.12. The molecule has 1 N–H and O–H groups in total. The van der Waals surface area contributed by atoms with Gasteiger partial charge in [-0.1, -0.05) is 43.9 Å². The van der Waals surface area contributed by atoms with Crippen molar-refractivity contribution >= 4 is 11.8 Å². The highest BCUT2D eigenvalue weighted by Gasteiger charge is 2.42. The van der Waals surface area contributed by atoms with Gasteiger partial charge in [0.15, 0.2) is 0 Å². The summed E-state index contributed by atoms with van der Waals surface area (Å²) in [6.45, 7) is 3.58. The van der Waals surface area contributed by atoms with Gasteiger partial charge < -0.3 is 5.11 Å². The fraction of sp³-hybridized carbons (Fsp3) is 0.375. The third-order valence-corrected chi connectivity index (χ3v) is 3.71. The van der Waals surface area contributed by atoms with Crippen LogP contribution in [0.1, 0.15) is 25.0 Å². The first-order chi connectivity index (χ1) is 9.56. The van der Waals surface area contributed by atoms with Crippen LogP contribution in [-0.2, 0) is 16.1 Å². The maximum Gasteiger partial charge on any atom is 0.233 e. The summed E-state index contributed by atoms with van der Waals surface area (Å²) in [5, 5.41) is 8.76. The summed E-state index contributed by atoms with van der Waals surface area (Å²) in [5.74, 6) is 4.63. The van der Waals surface area contributed by atoms with Crippen LogP contribution in [0, 0.1) is 23.7 Å². The molecule has 0 aliphatic carbocycles. The van der Waals surface area contributed by atoms with Gasteiger partial charge in [0.1, 0.15) is 6.61 Å². The highest BCUT2D eigenvalue weighted by molar-refractivity contribution is 6.04. The SMILES string of the molecule is CC1C(=O)N(Cc2ccccc2C#CCO)C(=O)C1C. The topological polar surface area (TPSA) is 57.6 Å². The van der Waals surface area contributed by atoms with Crippen molar-refractivity contribution < 1.29 is 14.7 Å². The molecule has 2 unspecified atom stereocenters. The number of carbonyl (C=O) groups excluding carboxylic acids is 2. The normalized spacial score (nSPS) is 21.9. The number of aliphatic hydroxyl groups is 1. The molecule has 1 fully saturated rings. The molecule has 104 valence electrons. The Morgan fingerprint density at radius 2 is 1.75 bits per heavy atom. The molecular formula is C16H17NO3. The van der Waals surface area contributed by atoms with Crippen LogP contribution in [0.3, 0.4) is 0 Å². The van der Waals surface area contributed by atoms with Gasteiger partial charge in [0.05, 0.1) is 6.54 Å². The van der Waals surface area contributed by atoms with Crippen LogP contribution in [0.25, 0.3) is 0 Å². The molecule has 4 nitrogen and oxygen atoms in total. The minimum atomic E-state index is -0.266. The molecule has 2 atom stereocenters. The Balaban J connectivity index is 2.27. The number of carbonyl (C=O) groups is 2. The van der Waals surface area contributed by atoms with Crippen molar-refractivity contribution in [1.29, 1.82) is 0 Å². The Morgan fingerprint density at radius 1 is 1.15 bits per heavy atom. The molecular weight excluding hydrogens is 254 g/mol. The number of hydrogen-bond acceptors (Lipinski definition) is 3. The quantitative estimate of drug-likeness (QED) is 0.649. The average molecular weight is 271 g/mol. The number of nitrogens with zero attached hydrogens (tertiary/aromatic N) is 1. The molecule has 0 saturated carbocycles. The zero-order valence-corrected chi connectivity index (χ0v) is 11.6. The van der Waals surface area contributed by atoms with Gasteiger partial charge in [0.2, 0.25) is 11.8 Å². The monoisotopic (exact) mass is 271 g/mol. The summed E-state index contributed by atoms with van der Waals surface area (Å²) in [6.07, 6.45) is 0. The van der Waals surface area contributed by atoms with Crippen molar-refractivity contribution in [1.82, 2.24) is 4.90 Å². The van der Waals surface area contributed by atoms with Crippen molar-refractivity contribution in [2.24, 2.45) is 11.8 Å². The number of imide groups is 1. The summed E-state index contributed by atoms with van der Waals surface area (Å²) >= 11 is 0. The van der Waals surface area contributed by atoms with E-state index >= 15 is 0 Å². The predicted molar refractivity (Wildman–Crippen MR) is 74.3 cm³/mol. The summed E-state index contributed by atoms with van der Waals surface area (Å²) in [5.41, 5.74) is 1.55. The van der Waals surface area contributed by atoms with E-state index in [0.29, 0.717) is 0 Å². The Morgan fingerprint density at radius 3 is 2.35 bits per heavy atom. The molecule has 20 heavy (non-hydrogen) atoms. The van der Waals surface area contributed by atoms with Crippen LogP contribution in [0.15, 0.2) is 24.3 Å². The number of amides is 2. The molecule has 0 radical (unpaired) electrons. The van der Waals surface area contributed by atoms with Gasteiger partial charge in [-0.05, 0) is 11.6 Å². The lowest BCUT2D eigenvalue weighted by Crippen LogP contribution is -2.30. The zero-order chi connectivity index (χ0) is 14.7. The van der Waals surface area contributed by atoms with Crippen LogP contribution in [0.2, 0.25) is 0 Å². The molecule has 1 aliphatic rings. The fourth-order valence-corrected chi connectivity index (χ4v) is 2.27. The van der Waals surface area contributed by atoms with E-state index in [4.69, 9.17) is 5.11 Å². The molecule has 0 aromatic heterocycles. The van der Waals surface area contributed by atoms with E-state index in [0.717, 1.165) is 11.1 Å². The van der Waals surface area contributed by atoms with Gasteiger partial charge in [0.25, 0.3) is 0 Å². The molecule has 1 heterocycles. The molecule has 4 heteroatoms. The third kappa shape index (κ3) is 2.59. The summed E-state index contributed by atoms with van der Waals surface area (Å²) in [7, 11) is 0. The number of rotatable bonds is 2. The smallest absolute Gasteiger partial charge is 0.233 e. The van der Waals surface area contributed by atoms with Crippen molar-refractivity contribution in [2.75, 3.05) is 6.61 Å². The van der Waals surface area contributed by atoms with Crippen LogP contribution in [0.4, 0.5) is 0 Å². The molecule has 0 bridgehead atoms. The fourth-order valence-electron chi connectivity index (χ4n) is 2.27. The van der Waals surface area contributed by atoms with Gasteiger partial charge in [-0.25, -0.2) is 0 Å². The summed E-state index contributed by atoms with van der Waals surface area (Å²) < 4.78 is 0. The number of likely N-dealkylation sites (tertiary alicyclic amines) is 1. The predicted octanol–water partition coefficient (Wildman–Crippen LogP) is 1.17. The Labute approximate surface area is 118 Å². The first-order valence-electron chi connectivity index (χ1n) is 6.59. The zero-order valence-electron chi connectivity index (χ0n) is 11.6. The van der Waals surface area contributed by atoms with E-state index in [1.807, 2.05) is 24.3 Å². The van der Waals surface area contributed by atoms with E-state index in [9.17, 15) is 9.59 Å². The van der Waals surface area contributed by atoms with E-state index in [-0.39, 0.29) is 36.8 Å². The van der Waals surface area contributed by atoms with Gasteiger partial charge in [-0.15, -0.1) is 0 Å². The molecule has 1 aromatic carbocycles. The first-order valence-corrected chi connectivity index (χ1v) is 6.59. The molecule has 0 spiro atoms. The van der Waals surface area contributed by atoms with Crippen molar-refractivity contribution in [3.05, 3.63) is 35.4 Å². The molecule has 1 saturated heterocycles. The first kappa shape index (κ1) is 14.3. The van der Waals surface area contributed by atoms with Gasteiger partial charge >= 0.3 is 0 Å². The molecule has 2 amide bonds. The standard InChI is InChI=1S/C16H17NO3/c1-11-12(2)16(20)17(15(11)19)10-14-7-4-3-6-13(14)8-5-9-18/h3-4,6-7,11-12,18H,9-10H2,1-2H3. The second kappa shape index (κ2) is 5.89. The minimum absolute atomic E-state index is 0.132. The maximum absolute atomic E-state index is 12.1. The van der Waals surface area contributed by atoms with E-state index in [1.54, 1.807) is 13.8 Å². The highest BCUT2D eigenvalue weighted by atomic mass is 16.2. The van der Waals surface area contributed by atoms with Gasteiger partial charge in [-0.3, -0.25) is 14.5 Å². The summed E-state index contributed by atoms with van der Waals surface area (Å²) in [4.78, 5) is 25.5. The second-order valence-electron chi connectivity index (χ2n) is 4.96. The molecule has 2 rings (SSSR count). The van der Waals surface area contributed by atoms with Crippen LogP contribution < -0.4 is 0 Å². The van der Waals surface area contributed by atoms with Crippen molar-refractivity contribution in [3.63, 3.8) is 0 Å². The average Bonchev–Trinajstić information content (AvgIpc) is 2.64. The van der Waals surface area contributed by atoms with Crippen LogP contribution in [-0.4, -0.2) is 28.4 Å². The van der Waals surface area contributed by atoms with Crippen molar-refractivity contribution in [2.45, 2.75) is 20.4 Å². The minimum Gasteiger partial charge on any atom is -0.384 e. The molecule has 1 aliphatic heterocycles. The van der Waals surface area contributed by atoms with E-state index in [2.05, 4.69) is 11.8 Å². The maximum atomic E-state index is 12.1. The number of benzene rings is 1. The van der Waals surface area contributed by atoms with E-state index < -0.39 is 0 Å². The largest absolute Gasteiger partial charge is 0.384 e. The lowest BCUT2D eigenvalue weighted by molar-refractivity contribution is -0.140.